The predicted octanol–water partition coefficient (Wildman–Crippen LogP) is 6.63. The Kier molecular flexibility index (Phi) is 5.32. The lowest BCUT2D eigenvalue weighted by Crippen LogP contribution is -2.11. The molecule has 0 aliphatic heterocycles. The van der Waals surface area contributed by atoms with Crippen molar-refractivity contribution in [3.05, 3.63) is 94.7 Å². The van der Waals surface area contributed by atoms with Crippen LogP contribution in [0.2, 0.25) is 0 Å². The smallest absolute Gasteiger partial charge is 0.257 e. The van der Waals surface area contributed by atoms with Crippen molar-refractivity contribution in [3.8, 4) is 21.7 Å². The van der Waals surface area contributed by atoms with E-state index in [0.717, 1.165) is 20.5 Å². The zero-order valence-corrected chi connectivity index (χ0v) is 16.9. The molecule has 1 heterocycles. The predicted molar refractivity (Wildman–Crippen MR) is 115 cm³/mol. The molecule has 3 nitrogen and oxygen atoms in total. The quantitative estimate of drug-likeness (QED) is 0.377. The molecule has 0 unspecified atom stereocenters. The molecule has 0 spiro atoms. The largest absolute Gasteiger partial charge is 0.298 e. The lowest BCUT2D eigenvalue weighted by molar-refractivity contribution is 0.102. The zero-order valence-electron chi connectivity index (χ0n) is 14.5. The summed E-state index contributed by atoms with van der Waals surface area (Å²) >= 11 is 4.77. The number of thiazole rings is 1. The molecule has 0 aliphatic carbocycles. The summed E-state index contributed by atoms with van der Waals surface area (Å²) in [5.41, 5.74) is 3.02. The first-order valence-electron chi connectivity index (χ1n) is 8.49. The van der Waals surface area contributed by atoms with Crippen LogP contribution in [0.5, 0.6) is 0 Å². The van der Waals surface area contributed by atoms with Gasteiger partial charge in [-0.2, -0.15) is 0 Å². The zero-order chi connectivity index (χ0) is 19.5. The number of nitrogens with one attached hydrogen (secondary N) is 1. The van der Waals surface area contributed by atoms with Crippen LogP contribution < -0.4 is 5.32 Å². The van der Waals surface area contributed by atoms with Gasteiger partial charge in [0.25, 0.3) is 5.91 Å². The van der Waals surface area contributed by atoms with Gasteiger partial charge in [0.1, 0.15) is 5.82 Å². The maximum Gasteiger partial charge on any atom is 0.257 e. The van der Waals surface area contributed by atoms with Crippen molar-refractivity contribution in [1.29, 1.82) is 0 Å². The second-order valence-electron chi connectivity index (χ2n) is 6.03. The van der Waals surface area contributed by atoms with E-state index in [0.29, 0.717) is 16.4 Å². The van der Waals surface area contributed by atoms with E-state index in [1.807, 2.05) is 36.4 Å². The number of carbonyl (C=O) groups excluding carboxylic acids is 1. The molecule has 6 heteroatoms. The van der Waals surface area contributed by atoms with Crippen LogP contribution in [0, 0.1) is 5.82 Å². The summed E-state index contributed by atoms with van der Waals surface area (Å²) in [6.45, 7) is 0. The van der Waals surface area contributed by atoms with E-state index in [9.17, 15) is 9.18 Å². The Balaban J connectivity index is 1.73. The fourth-order valence-electron chi connectivity index (χ4n) is 2.76. The highest BCUT2D eigenvalue weighted by atomic mass is 79.9. The summed E-state index contributed by atoms with van der Waals surface area (Å²) in [5, 5.41) is 3.36. The molecule has 4 aromatic rings. The van der Waals surface area contributed by atoms with Gasteiger partial charge in [-0.05, 0) is 48.0 Å². The van der Waals surface area contributed by atoms with Crippen molar-refractivity contribution in [1.82, 2.24) is 4.98 Å². The summed E-state index contributed by atoms with van der Waals surface area (Å²) in [6, 6.07) is 23.2. The van der Waals surface area contributed by atoms with Crippen LogP contribution in [0.15, 0.2) is 83.3 Å². The van der Waals surface area contributed by atoms with E-state index in [1.54, 1.807) is 30.3 Å². The van der Waals surface area contributed by atoms with E-state index in [-0.39, 0.29) is 11.7 Å². The van der Waals surface area contributed by atoms with Gasteiger partial charge in [-0.3, -0.25) is 10.1 Å². The first kappa shape index (κ1) is 18.5. The number of hydrogen-bond acceptors (Lipinski definition) is 3. The molecule has 0 saturated heterocycles. The van der Waals surface area contributed by atoms with E-state index >= 15 is 0 Å². The molecule has 4 rings (SSSR count). The molecule has 0 bridgehead atoms. The summed E-state index contributed by atoms with van der Waals surface area (Å²) in [7, 11) is 0. The van der Waals surface area contributed by atoms with Crippen molar-refractivity contribution in [2.24, 2.45) is 0 Å². The van der Waals surface area contributed by atoms with Gasteiger partial charge >= 0.3 is 0 Å². The highest BCUT2D eigenvalue weighted by Crippen LogP contribution is 2.39. The molecule has 1 amide bonds. The van der Waals surface area contributed by atoms with Gasteiger partial charge in [0.05, 0.1) is 10.6 Å². The second-order valence-corrected chi connectivity index (χ2v) is 7.95. The third-order valence-corrected chi connectivity index (χ3v) is 5.60. The number of hydrogen-bond donors (Lipinski definition) is 1. The second kappa shape index (κ2) is 8.04. The molecule has 1 N–H and O–H groups in total. The van der Waals surface area contributed by atoms with Crippen LogP contribution in [-0.2, 0) is 0 Å². The van der Waals surface area contributed by atoms with Crippen molar-refractivity contribution < 1.29 is 9.18 Å². The van der Waals surface area contributed by atoms with E-state index < -0.39 is 0 Å². The van der Waals surface area contributed by atoms with Gasteiger partial charge < -0.3 is 0 Å². The van der Waals surface area contributed by atoms with Gasteiger partial charge in [0, 0.05) is 15.6 Å². The minimum absolute atomic E-state index is 0.236. The first-order chi connectivity index (χ1) is 13.6. The van der Waals surface area contributed by atoms with Crippen molar-refractivity contribution in [2.45, 2.75) is 0 Å². The van der Waals surface area contributed by atoms with Crippen molar-refractivity contribution >= 4 is 38.3 Å². The molecule has 28 heavy (non-hydrogen) atoms. The topological polar surface area (TPSA) is 42.0 Å². The maximum atomic E-state index is 13.3. The molecular weight excluding hydrogens is 439 g/mol. The van der Waals surface area contributed by atoms with Gasteiger partial charge in [-0.15, -0.1) is 0 Å². The fourth-order valence-corrected chi connectivity index (χ4v) is 4.15. The van der Waals surface area contributed by atoms with Crippen LogP contribution >= 0.6 is 27.3 Å². The number of carbonyl (C=O) groups is 1. The Morgan fingerprint density at radius 2 is 1.68 bits per heavy atom. The highest BCUT2D eigenvalue weighted by molar-refractivity contribution is 9.10. The van der Waals surface area contributed by atoms with Crippen molar-refractivity contribution in [3.63, 3.8) is 0 Å². The Labute approximate surface area is 174 Å². The summed E-state index contributed by atoms with van der Waals surface area (Å²) < 4.78 is 14.2. The van der Waals surface area contributed by atoms with Gasteiger partial charge in [-0.25, -0.2) is 9.37 Å². The third kappa shape index (κ3) is 4.03. The average molecular weight is 453 g/mol. The number of halogens is 2. The normalized spacial score (nSPS) is 10.6. The molecular formula is C22H14BrFN2OS. The molecule has 0 fully saturated rings. The molecule has 138 valence electrons. The van der Waals surface area contributed by atoms with Gasteiger partial charge in [-0.1, -0.05) is 63.7 Å². The van der Waals surface area contributed by atoms with E-state index in [1.165, 1.54) is 23.5 Å². The van der Waals surface area contributed by atoms with Gasteiger partial charge in [0.15, 0.2) is 5.13 Å². The maximum absolute atomic E-state index is 13.3. The summed E-state index contributed by atoms with van der Waals surface area (Å²) in [5.74, 6) is -0.538. The first-order valence-corrected chi connectivity index (χ1v) is 10.1. The van der Waals surface area contributed by atoms with E-state index in [4.69, 9.17) is 0 Å². The third-order valence-electron chi connectivity index (χ3n) is 4.09. The molecule has 0 aliphatic rings. The van der Waals surface area contributed by atoms with Crippen LogP contribution in [0.25, 0.3) is 21.7 Å². The number of anilines is 1. The number of nitrogens with zero attached hydrogens (tertiary/aromatic N) is 1. The lowest BCUT2D eigenvalue weighted by atomic mass is 10.1. The average Bonchev–Trinajstić information content (AvgIpc) is 3.13. The highest BCUT2D eigenvalue weighted by Gasteiger charge is 2.17. The Bertz CT molecular complexity index is 1130. The standard InChI is InChI=1S/C22H14BrFN2OS/c23-17-8-4-7-16(13-17)21(27)26-22-25-19(14-9-11-18(24)12-10-14)20(28-22)15-5-2-1-3-6-15/h1-13H,(H,25,26,27). The SMILES string of the molecule is O=C(Nc1nc(-c2ccc(F)cc2)c(-c2ccccc2)s1)c1cccc(Br)c1. The molecule has 0 radical (unpaired) electrons. The summed E-state index contributed by atoms with van der Waals surface area (Å²) in [4.78, 5) is 18.1. The Morgan fingerprint density at radius 3 is 2.39 bits per heavy atom. The number of benzene rings is 3. The molecule has 0 atom stereocenters. The van der Waals surface area contributed by atoms with Crippen LogP contribution in [0.1, 0.15) is 10.4 Å². The molecule has 3 aromatic carbocycles. The Morgan fingerprint density at radius 1 is 0.929 bits per heavy atom. The summed E-state index contributed by atoms with van der Waals surface area (Å²) in [6.07, 6.45) is 0. The lowest BCUT2D eigenvalue weighted by Gasteiger charge is -2.02. The van der Waals surface area contributed by atoms with Crippen molar-refractivity contribution in [2.75, 3.05) is 5.32 Å². The number of amides is 1. The van der Waals surface area contributed by atoms with Crippen LogP contribution in [0.3, 0.4) is 0 Å². The minimum atomic E-state index is -0.302. The monoisotopic (exact) mass is 452 g/mol. The van der Waals surface area contributed by atoms with Gasteiger partial charge in [0.2, 0.25) is 0 Å². The number of aromatic nitrogens is 1. The Hall–Kier alpha value is -2.83. The molecule has 0 saturated carbocycles. The van der Waals surface area contributed by atoms with Crippen LogP contribution in [0.4, 0.5) is 9.52 Å². The molecule has 1 aromatic heterocycles. The minimum Gasteiger partial charge on any atom is -0.298 e. The number of rotatable bonds is 4. The van der Waals surface area contributed by atoms with E-state index in [2.05, 4.69) is 26.2 Å². The van der Waals surface area contributed by atoms with Crippen LogP contribution in [-0.4, -0.2) is 10.9 Å². The fraction of sp³-hybridized carbons (Fsp3) is 0.